The van der Waals surface area contributed by atoms with Crippen LogP contribution < -0.4 is 25.6 Å². The minimum absolute atomic E-state index is 0. The monoisotopic (exact) mass is 565 g/mol. The largest absolute Gasteiger partial charge is 0.495 e. The third-order valence-corrected chi connectivity index (χ3v) is 5.50. The van der Waals surface area contributed by atoms with Crippen molar-refractivity contribution < 1.29 is 4.74 Å². The van der Waals surface area contributed by atoms with E-state index in [0.717, 1.165) is 60.3 Å². The molecule has 1 saturated heterocycles. The van der Waals surface area contributed by atoms with Crippen LogP contribution in [0.5, 0.6) is 5.75 Å². The van der Waals surface area contributed by atoms with Crippen LogP contribution in [0, 0.1) is 0 Å². The van der Waals surface area contributed by atoms with E-state index in [9.17, 15) is 0 Å². The second-order valence-electron chi connectivity index (χ2n) is 7.66. The third-order valence-electron chi connectivity index (χ3n) is 5.50. The molecular weight excluding hydrogens is 533 g/mol. The Morgan fingerprint density at radius 2 is 2.12 bits per heavy atom. The average molecular weight is 565 g/mol. The van der Waals surface area contributed by atoms with Crippen LogP contribution in [-0.4, -0.2) is 71.6 Å². The van der Waals surface area contributed by atoms with Crippen LogP contribution in [0.1, 0.15) is 13.3 Å². The van der Waals surface area contributed by atoms with Gasteiger partial charge in [0.2, 0.25) is 0 Å². The van der Waals surface area contributed by atoms with Crippen LogP contribution in [0.3, 0.4) is 0 Å². The van der Waals surface area contributed by atoms with Gasteiger partial charge >= 0.3 is 0 Å². The SMILES string of the molecule is CCNC(=NCCNc1ncnc2c1cnn2C)NC1CCN(c2ccccc2OC)C1.I. The number of fused-ring (bicyclic) bond motifs is 1. The Morgan fingerprint density at radius 3 is 2.94 bits per heavy atom. The molecule has 2 aromatic heterocycles. The molecule has 10 nitrogen and oxygen atoms in total. The summed E-state index contributed by atoms with van der Waals surface area (Å²) in [6.45, 7) is 6.05. The molecule has 0 amide bonds. The van der Waals surface area contributed by atoms with E-state index in [2.05, 4.69) is 48.9 Å². The second kappa shape index (κ2) is 11.9. The number of halogens is 1. The highest BCUT2D eigenvalue weighted by Crippen LogP contribution is 2.30. The smallest absolute Gasteiger partial charge is 0.191 e. The number of benzene rings is 1. The maximum absolute atomic E-state index is 5.52. The van der Waals surface area contributed by atoms with Crippen molar-refractivity contribution in [1.29, 1.82) is 0 Å². The van der Waals surface area contributed by atoms with Crippen molar-refractivity contribution in [2.24, 2.45) is 12.0 Å². The molecule has 0 bridgehead atoms. The van der Waals surface area contributed by atoms with Gasteiger partial charge in [-0.3, -0.25) is 9.67 Å². The molecule has 4 rings (SSSR count). The molecule has 3 heterocycles. The summed E-state index contributed by atoms with van der Waals surface area (Å²) in [7, 11) is 3.59. The van der Waals surface area contributed by atoms with Crippen molar-refractivity contribution in [2.45, 2.75) is 19.4 Å². The lowest BCUT2D eigenvalue weighted by atomic mass is 10.2. The lowest BCUT2D eigenvalue weighted by Gasteiger charge is -2.22. The van der Waals surface area contributed by atoms with Crippen molar-refractivity contribution >= 4 is 52.5 Å². The molecule has 1 aliphatic rings. The van der Waals surface area contributed by atoms with Crippen molar-refractivity contribution in [3.8, 4) is 5.75 Å². The zero-order chi connectivity index (χ0) is 22.3. The van der Waals surface area contributed by atoms with Gasteiger partial charge in [-0.05, 0) is 25.5 Å². The van der Waals surface area contributed by atoms with Gasteiger partial charge < -0.3 is 25.6 Å². The summed E-state index contributed by atoms with van der Waals surface area (Å²) in [4.78, 5) is 15.7. The Labute approximate surface area is 211 Å². The number of para-hydroxylation sites is 2. The van der Waals surface area contributed by atoms with E-state index < -0.39 is 0 Å². The molecule has 1 unspecified atom stereocenters. The molecule has 3 N–H and O–H groups in total. The fourth-order valence-electron chi connectivity index (χ4n) is 3.95. The quantitative estimate of drug-likeness (QED) is 0.166. The minimum atomic E-state index is 0. The fourth-order valence-corrected chi connectivity index (χ4v) is 3.95. The molecule has 33 heavy (non-hydrogen) atoms. The number of nitrogens with one attached hydrogen (secondary N) is 3. The van der Waals surface area contributed by atoms with Crippen LogP contribution in [0.25, 0.3) is 11.0 Å². The van der Waals surface area contributed by atoms with Crippen LogP contribution in [0.4, 0.5) is 11.5 Å². The summed E-state index contributed by atoms with van der Waals surface area (Å²) < 4.78 is 7.26. The normalized spacial score (nSPS) is 15.9. The number of aromatic nitrogens is 4. The molecule has 1 fully saturated rings. The first-order valence-corrected chi connectivity index (χ1v) is 11.0. The highest BCUT2D eigenvalue weighted by Gasteiger charge is 2.25. The highest BCUT2D eigenvalue weighted by molar-refractivity contribution is 14.0. The number of hydrogen-bond acceptors (Lipinski definition) is 7. The number of methoxy groups -OCH3 is 1. The van der Waals surface area contributed by atoms with Crippen molar-refractivity contribution in [1.82, 2.24) is 30.4 Å². The Kier molecular flexibility index (Phi) is 8.92. The Bertz CT molecular complexity index is 1070. The van der Waals surface area contributed by atoms with Gasteiger partial charge in [-0.25, -0.2) is 9.97 Å². The first-order chi connectivity index (χ1) is 15.7. The molecule has 1 aliphatic heterocycles. The van der Waals surface area contributed by atoms with E-state index in [0.29, 0.717) is 19.1 Å². The minimum Gasteiger partial charge on any atom is -0.495 e. The molecule has 1 aromatic carbocycles. The number of anilines is 2. The van der Waals surface area contributed by atoms with Crippen LogP contribution >= 0.6 is 24.0 Å². The van der Waals surface area contributed by atoms with Crippen LogP contribution in [-0.2, 0) is 7.05 Å². The maximum Gasteiger partial charge on any atom is 0.191 e. The van der Waals surface area contributed by atoms with Crippen molar-refractivity contribution in [2.75, 3.05) is 50.1 Å². The van der Waals surface area contributed by atoms with E-state index >= 15 is 0 Å². The zero-order valence-corrected chi connectivity index (χ0v) is 21.6. The van der Waals surface area contributed by atoms with Gasteiger partial charge in [-0.15, -0.1) is 24.0 Å². The van der Waals surface area contributed by atoms with E-state index in [4.69, 9.17) is 9.73 Å². The van der Waals surface area contributed by atoms with Crippen LogP contribution in [0.2, 0.25) is 0 Å². The molecule has 178 valence electrons. The van der Waals surface area contributed by atoms with Gasteiger partial charge in [-0.1, -0.05) is 12.1 Å². The Morgan fingerprint density at radius 1 is 1.27 bits per heavy atom. The lowest BCUT2D eigenvalue weighted by Crippen LogP contribution is -2.44. The maximum atomic E-state index is 5.52. The first-order valence-electron chi connectivity index (χ1n) is 11.0. The molecule has 3 aromatic rings. The van der Waals surface area contributed by atoms with E-state index in [1.807, 2.05) is 25.2 Å². The zero-order valence-electron chi connectivity index (χ0n) is 19.3. The second-order valence-corrected chi connectivity index (χ2v) is 7.66. The van der Waals surface area contributed by atoms with Gasteiger partial charge in [0, 0.05) is 39.3 Å². The first kappa shape index (κ1) is 24.8. The van der Waals surface area contributed by atoms with Crippen molar-refractivity contribution in [3.63, 3.8) is 0 Å². The van der Waals surface area contributed by atoms with Gasteiger partial charge in [-0.2, -0.15) is 5.10 Å². The number of guanidine groups is 1. The molecule has 0 radical (unpaired) electrons. The van der Waals surface area contributed by atoms with Gasteiger partial charge in [0.1, 0.15) is 17.9 Å². The molecular formula is C22H32IN9O. The van der Waals surface area contributed by atoms with Crippen molar-refractivity contribution in [3.05, 3.63) is 36.8 Å². The summed E-state index contributed by atoms with van der Waals surface area (Å²) in [5, 5.41) is 15.4. The van der Waals surface area contributed by atoms with Gasteiger partial charge in [0.25, 0.3) is 0 Å². The number of aliphatic imine (C=N–C) groups is 1. The highest BCUT2D eigenvalue weighted by atomic mass is 127. The Hall–Kier alpha value is -2.83. The summed E-state index contributed by atoms with van der Waals surface area (Å²) in [5.74, 6) is 2.52. The standard InChI is InChI=1S/C22H31N9O.HI/c1-4-23-22(25-11-10-24-20-17-13-28-30(2)21(17)27-15-26-20)29-16-9-12-31(14-16)18-7-5-6-8-19(18)32-3;/h5-8,13,15-16H,4,9-12,14H2,1-3H3,(H2,23,25,29)(H,24,26,27);1H. The Balaban J connectivity index is 0.00000306. The van der Waals surface area contributed by atoms with E-state index in [-0.39, 0.29) is 24.0 Å². The molecule has 11 heteroatoms. The number of aryl methyl sites for hydroxylation is 1. The summed E-state index contributed by atoms with van der Waals surface area (Å²) >= 11 is 0. The molecule has 1 atom stereocenters. The van der Waals surface area contributed by atoms with E-state index in [1.54, 1.807) is 24.3 Å². The van der Waals surface area contributed by atoms with Crippen LogP contribution in [0.15, 0.2) is 41.8 Å². The predicted molar refractivity (Wildman–Crippen MR) is 143 cm³/mol. The predicted octanol–water partition coefficient (Wildman–Crippen LogP) is 2.24. The average Bonchev–Trinajstić information content (AvgIpc) is 3.44. The summed E-state index contributed by atoms with van der Waals surface area (Å²) in [5.41, 5.74) is 1.94. The topological polar surface area (TPSA) is 105 Å². The molecule has 0 saturated carbocycles. The third kappa shape index (κ3) is 5.95. The fraction of sp³-hybridized carbons (Fsp3) is 0.455. The van der Waals surface area contributed by atoms with Gasteiger partial charge in [0.15, 0.2) is 11.6 Å². The summed E-state index contributed by atoms with van der Waals surface area (Å²) in [6, 6.07) is 8.49. The number of hydrogen-bond donors (Lipinski definition) is 3. The number of nitrogens with zero attached hydrogens (tertiary/aromatic N) is 6. The number of ether oxygens (including phenoxy) is 1. The lowest BCUT2D eigenvalue weighted by molar-refractivity contribution is 0.415. The van der Waals surface area contributed by atoms with Gasteiger partial charge in [0.05, 0.1) is 30.9 Å². The molecule has 0 spiro atoms. The summed E-state index contributed by atoms with van der Waals surface area (Å²) in [6.07, 6.45) is 4.37. The molecule has 0 aliphatic carbocycles. The number of rotatable bonds is 8. The van der Waals surface area contributed by atoms with E-state index in [1.165, 1.54) is 0 Å².